The highest BCUT2D eigenvalue weighted by molar-refractivity contribution is 5.97. The third-order valence-electron chi connectivity index (χ3n) is 3.44. The maximum Gasteiger partial charge on any atom is 0.162 e. The summed E-state index contributed by atoms with van der Waals surface area (Å²) < 4.78 is 5.93. The van der Waals surface area contributed by atoms with Crippen molar-refractivity contribution in [3.63, 3.8) is 0 Å². The largest absolute Gasteiger partial charge is 0.494 e. The van der Waals surface area contributed by atoms with Gasteiger partial charge in [0, 0.05) is 18.4 Å². The fraction of sp³-hybridized carbons (Fsp3) is 0.769. The molecule has 0 saturated heterocycles. The van der Waals surface area contributed by atoms with E-state index in [-0.39, 0.29) is 0 Å². The van der Waals surface area contributed by atoms with E-state index in [2.05, 4.69) is 13.8 Å². The number of hydrogen-bond acceptors (Lipinski definition) is 2. The number of rotatable bonds is 2. The maximum atomic E-state index is 11.8. The predicted octanol–water partition coefficient (Wildman–Crippen LogP) is 3.22. The summed E-state index contributed by atoms with van der Waals surface area (Å²) in [7, 11) is 0. The summed E-state index contributed by atoms with van der Waals surface area (Å²) in [5.41, 5.74) is 1.01. The molecule has 0 spiro atoms. The van der Waals surface area contributed by atoms with Crippen molar-refractivity contribution < 1.29 is 9.53 Å². The quantitative estimate of drug-likeness (QED) is 0.696. The molecule has 0 aromatic rings. The van der Waals surface area contributed by atoms with Crippen molar-refractivity contribution in [2.75, 3.05) is 0 Å². The van der Waals surface area contributed by atoms with Crippen LogP contribution in [-0.2, 0) is 9.53 Å². The molecule has 15 heavy (non-hydrogen) atoms. The van der Waals surface area contributed by atoms with Gasteiger partial charge in [-0.1, -0.05) is 20.3 Å². The van der Waals surface area contributed by atoms with Crippen LogP contribution in [0.25, 0.3) is 0 Å². The second-order valence-corrected chi connectivity index (χ2v) is 4.78. The Balaban J connectivity index is 2.17. The Kier molecular flexibility index (Phi) is 3.13. The van der Waals surface area contributed by atoms with E-state index in [4.69, 9.17) is 4.74 Å². The van der Waals surface area contributed by atoms with E-state index < -0.39 is 0 Å². The fourth-order valence-electron chi connectivity index (χ4n) is 2.77. The zero-order valence-corrected chi connectivity index (χ0v) is 9.71. The van der Waals surface area contributed by atoms with E-state index in [1.165, 1.54) is 0 Å². The van der Waals surface area contributed by atoms with Gasteiger partial charge in [-0.3, -0.25) is 4.79 Å². The third kappa shape index (κ3) is 2.09. The lowest BCUT2D eigenvalue weighted by atomic mass is 9.82. The van der Waals surface area contributed by atoms with Crippen LogP contribution in [0.1, 0.15) is 52.4 Å². The topological polar surface area (TPSA) is 26.3 Å². The Bertz CT molecular complexity index is 291. The number of carbonyl (C=O) groups excluding carboxylic acids is 1. The molecule has 0 amide bonds. The van der Waals surface area contributed by atoms with Crippen LogP contribution in [0.15, 0.2) is 11.3 Å². The van der Waals surface area contributed by atoms with Crippen LogP contribution in [0.4, 0.5) is 0 Å². The molecule has 0 unspecified atom stereocenters. The monoisotopic (exact) mass is 208 g/mol. The molecule has 2 rings (SSSR count). The highest BCUT2D eigenvalue weighted by Gasteiger charge is 2.33. The van der Waals surface area contributed by atoms with Gasteiger partial charge in [0.25, 0.3) is 0 Å². The predicted molar refractivity (Wildman–Crippen MR) is 59.4 cm³/mol. The first-order valence-corrected chi connectivity index (χ1v) is 6.15. The van der Waals surface area contributed by atoms with Crippen molar-refractivity contribution in [3.8, 4) is 0 Å². The summed E-state index contributed by atoms with van der Waals surface area (Å²) in [6.45, 7) is 4.35. The molecule has 0 bridgehead atoms. The Hall–Kier alpha value is -0.790. The summed E-state index contributed by atoms with van der Waals surface area (Å²) in [5, 5.41) is 0. The molecule has 2 nitrogen and oxygen atoms in total. The van der Waals surface area contributed by atoms with E-state index in [1.54, 1.807) is 0 Å². The molecule has 1 aliphatic carbocycles. The van der Waals surface area contributed by atoms with Gasteiger partial charge in [-0.25, -0.2) is 0 Å². The minimum absolute atomic E-state index is 0.332. The summed E-state index contributed by atoms with van der Waals surface area (Å²) in [4.78, 5) is 11.8. The standard InChI is InChI=1S/C13H20O2/c1-3-5-10-8-9(2)13-11(14)6-4-7-12(13)15-10/h9-10H,3-8H2,1-2H3/t9-,10+/m0/s1. The van der Waals surface area contributed by atoms with Crippen LogP contribution in [0.3, 0.4) is 0 Å². The number of ketones is 1. The Morgan fingerprint density at radius 2 is 2.20 bits per heavy atom. The lowest BCUT2D eigenvalue weighted by Crippen LogP contribution is -2.29. The lowest BCUT2D eigenvalue weighted by molar-refractivity contribution is -0.118. The Labute approximate surface area is 91.7 Å². The van der Waals surface area contributed by atoms with E-state index in [9.17, 15) is 4.79 Å². The maximum absolute atomic E-state index is 11.8. The van der Waals surface area contributed by atoms with Crippen LogP contribution in [0.2, 0.25) is 0 Å². The molecular formula is C13H20O2. The molecule has 1 heterocycles. The van der Waals surface area contributed by atoms with Crippen molar-refractivity contribution in [1.82, 2.24) is 0 Å². The molecule has 0 radical (unpaired) electrons. The van der Waals surface area contributed by atoms with Gasteiger partial charge in [0.1, 0.15) is 5.76 Å². The van der Waals surface area contributed by atoms with Crippen LogP contribution >= 0.6 is 0 Å². The van der Waals surface area contributed by atoms with Crippen LogP contribution in [0.5, 0.6) is 0 Å². The number of hydrogen-bond donors (Lipinski definition) is 0. The van der Waals surface area contributed by atoms with Crippen LogP contribution < -0.4 is 0 Å². The highest BCUT2D eigenvalue weighted by atomic mass is 16.5. The average Bonchev–Trinajstić information content (AvgIpc) is 2.17. The average molecular weight is 208 g/mol. The summed E-state index contributed by atoms with van der Waals surface area (Å²) >= 11 is 0. The van der Waals surface area contributed by atoms with E-state index >= 15 is 0 Å². The van der Waals surface area contributed by atoms with Crippen molar-refractivity contribution in [2.45, 2.75) is 58.5 Å². The normalized spacial score (nSPS) is 31.2. The number of Topliss-reactive ketones (excluding diaryl/α,β-unsaturated/α-hetero) is 1. The number of allylic oxidation sites excluding steroid dienone is 2. The van der Waals surface area contributed by atoms with Crippen molar-refractivity contribution in [2.24, 2.45) is 5.92 Å². The SMILES string of the molecule is CCC[C@@H]1C[C@H](C)C2=C(CCCC2=O)O1. The first-order valence-electron chi connectivity index (χ1n) is 6.15. The summed E-state index contributed by atoms with van der Waals surface area (Å²) in [6, 6.07) is 0. The molecule has 0 saturated carbocycles. The highest BCUT2D eigenvalue weighted by Crippen LogP contribution is 2.37. The second-order valence-electron chi connectivity index (χ2n) is 4.78. The van der Waals surface area contributed by atoms with E-state index in [0.29, 0.717) is 17.8 Å². The fourth-order valence-corrected chi connectivity index (χ4v) is 2.77. The van der Waals surface area contributed by atoms with Crippen LogP contribution in [-0.4, -0.2) is 11.9 Å². The molecular weight excluding hydrogens is 188 g/mol. The van der Waals surface area contributed by atoms with Gasteiger partial charge in [0.2, 0.25) is 0 Å². The van der Waals surface area contributed by atoms with Crippen molar-refractivity contribution in [1.29, 1.82) is 0 Å². The zero-order valence-electron chi connectivity index (χ0n) is 9.71. The van der Waals surface area contributed by atoms with Gasteiger partial charge < -0.3 is 4.74 Å². The van der Waals surface area contributed by atoms with Crippen molar-refractivity contribution in [3.05, 3.63) is 11.3 Å². The van der Waals surface area contributed by atoms with Crippen molar-refractivity contribution >= 4 is 5.78 Å². The van der Waals surface area contributed by atoms with Gasteiger partial charge >= 0.3 is 0 Å². The molecule has 0 N–H and O–H groups in total. The van der Waals surface area contributed by atoms with Gasteiger partial charge in [-0.15, -0.1) is 0 Å². The minimum Gasteiger partial charge on any atom is -0.494 e. The van der Waals surface area contributed by atoms with E-state index in [1.807, 2.05) is 0 Å². The van der Waals surface area contributed by atoms with Gasteiger partial charge in [-0.2, -0.15) is 0 Å². The summed E-state index contributed by atoms with van der Waals surface area (Å²) in [5.74, 6) is 1.76. The third-order valence-corrected chi connectivity index (χ3v) is 3.44. The van der Waals surface area contributed by atoms with E-state index in [0.717, 1.165) is 49.9 Å². The molecule has 2 aliphatic rings. The molecule has 2 heteroatoms. The molecule has 84 valence electrons. The van der Waals surface area contributed by atoms with Gasteiger partial charge in [-0.05, 0) is 25.2 Å². The van der Waals surface area contributed by atoms with Gasteiger partial charge in [0.15, 0.2) is 5.78 Å². The first kappa shape index (κ1) is 10.7. The lowest BCUT2D eigenvalue weighted by Gasteiger charge is -2.34. The first-order chi connectivity index (χ1) is 7.22. The molecule has 0 aromatic heterocycles. The minimum atomic E-state index is 0.332. The number of carbonyl (C=O) groups is 1. The molecule has 2 atom stereocenters. The Morgan fingerprint density at radius 1 is 1.40 bits per heavy atom. The zero-order chi connectivity index (χ0) is 10.8. The molecule has 1 aliphatic heterocycles. The van der Waals surface area contributed by atoms with Crippen LogP contribution in [0, 0.1) is 5.92 Å². The molecule has 0 aromatic carbocycles. The van der Waals surface area contributed by atoms with Gasteiger partial charge in [0.05, 0.1) is 6.10 Å². The molecule has 0 fully saturated rings. The summed E-state index contributed by atoms with van der Waals surface area (Å²) in [6.07, 6.45) is 6.34. The Morgan fingerprint density at radius 3 is 2.93 bits per heavy atom. The second kappa shape index (κ2) is 4.38. The smallest absolute Gasteiger partial charge is 0.162 e. The number of ether oxygens (including phenoxy) is 1.